The highest BCUT2D eigenvalue weighted by molar-refractivity contribution is 6.41. The average Bonchev–Trinajstić information content (AvgIpc) is 2.08. The van der Waals surface area contributed by atoms with Gasteiger partial charge in [0.1, 0.15) is 10.8 Å². The molecule has 1 rings (SSSR count). The molecule has 0 fully saturated rings. The van der Waals surface area contributed by atoms with Crippen molar-refractivity contribution in [2.45, 2.75) is 6.92 Å². The highest BCUT2D eigenvalue weighted by atomic mass is 35.5. The third kappa shape index (κ3) is 2.92. The molecule has 0 aromatic heterocycles. The van der Waals surface area contributed by atoms with Crippen LogP contribution in [0.25, 0.3) is 0 Å². The molecule has 1 aromatic rings. The number of rotatable bonds is 2. The highest BCUT2D eigenvalue weighted by Crippen LogP contribution is 2.13. The van der Waals surface area contributed by atoms with Gasteiger partial charge in [0, 0.05) is 0 Å². The first-order valence-corrected chi connectivity index (χ1v) is 4.10. The topological polar surface area (TPSA) is 26.3 Å². The van der Waals surface area contributed by atoms with Gasteiger partial charge in [-0.3, -0.25) is 0 Å². The zero-order valence-corrected chi connectivity index (χ0v) is 7.97. The summed E-state index contributed by atoms with van der Waals surface area (Å²) >= 11 is 5.34. The van der Waals surface area contributed by atoms with Gasteiger partial charge in [0.25, 0.3) is 0 Å². The molecule has 0 radical (unpaired) electrons. The minimum absolute atomic E-state index is 0.124. The lowest BCUT2D eigenvalue weighted by molar-refractivity contribution is -0.129. The lowest BCUT2D eigenvalue weighted by Crippen LogP contribution is -2.06. The van der Waals surface area contributed by atoms with E-state index in [1.54, 1.807) is 12.1 Å². The van der Waals surface area contributed by atoms with Crippen molar-refractivity contribution in [3.63, 3.8) is 0 Å². The molecule has 13 heavy (non-hydrogen) atoms. The summed E-state index contributed by atoms with van der Waals surface area (Å²) in [7, 11) is 0. The number of carbonyl (C=O) groups is 1. The van der Waals surface area contributed by atoms with Gasteiger partial charge in [-0.2, -0.15) is 0 Å². The summed E-state index contributed by atoms with van der Waals surface area (Å²) in [4.78, 5) is 10.9. The van der Waals surface area contributed by atoms with Crippen molar-refractivity contribution < 1.29 is 9.53 Å². The molecule has 0 heterocycles. The summed E-state index contributed by atoms with van der Waals surface area (Å²) in [6, 6.07) is 7.10. The first-order chi connectivity index (χ1) is 6.09. The van der Waals surface area contributed by atoms with E-state index in [0.29, 0.717) is 5.75 Å². The average molecular weight is 197 g/mol. The van der Waals surface area contributed by atoms with Gasteiger partial charge in [0.2, 0.25) is 0 Å². The van der Waals surface area contributed by atoms with Gasteiger partial charge >= 0.3 is 5.97 Å². The third-order valence-electron chi connectivity index (χ3n) is 1.45. The fourth-order valence-corrected chi connectivity index (χ4v) is 0.807. The second-order valence-electron chi connectivity index (χ2n) is 2.61. The predicted molar refractivity (Wildman–Crippen MR) is 51.8 cm³/mol. The fraction of sp³-hybridized carbons (Fsp3) is 0.100. The highest BCUT2D eigenvalue weighted by Gasteiger charge is 2.05. The molecule has 0 saturated carbocycles. The monoisotopic (exact) mass is 196 g/mol. The van der Waals surface area contributed by atoms with Crippen LogP contribution < -0.4 is 4.74 Å². The Morgan fingerprint density at radius 1 is 1.38 bits per heavy atom. The Hall–Kier alpha value is -1.28. The number of carbonyl (C=O) groups excluding carboxylic acids is 1. The van der Waals surface area contributed by atoms with Gasteiger partial charge < -0.3 is 4.74 Å². The van der Waals surface area contributed by atoms with Crippen molar-refractivity contribution in [3.8, 4) is 5.75 Å². The molecule has 68 valence electrons. The van der Waals surface area contributed by atoms with Crippen LogP contribution in [0.3, 0.4) is 0 Å². The van der Waals surface area contributed by atoms with E-state index in [0.717, 1.165) is 5.56 Å². The lowest BCUT2D eigenvalue weighted by Gasteiger charge is -2.02. The molecule has 0 saturated heterocycles. The second kappa shape index (κ2) is 4.10. The zero-order valence-electron chi connectivity index (χ0n) is 7.21. The van der Waals surface area contributed by atoms with Crippen LogP contribution in [-0.4, -0.2) is 5.97 Å². The second-order valence-corrected chi connectivity index (χ2v) is 3.06. The molecule has 0 unspecified atom stereocenters. The molecular formula is C10H9ClO2. The van der Waals surface area contributed by atoms with Crippen molar-refractivity contribution in [2.24, 2.45) is 0 Å². The van der Waals surface area contributed by atoms with Gasteiger partial charge in [-0.25, -0.2) is 4.79 Å². The molecule has 1 aromatic carbocycles. The van der Waals surface area contributed by atoms with Crippen LogP contribution in [0.5, 0.6) is 5.75 Å². The smallest absolute Gasteiger partial charge is 0.354 e. The number of esters is 1. The zero-order chi connectivity index (χ0) is 9.84. The number of benzene rings is 1. The van der Waals surface area contributed by atoms with Crippen LogP contribution >= 0.6 is 11.6 Å². The quantitative estimate of drug-likeness (QED) is 0.413. The maximum Gasteiger partial charge on any atom is 0.354 e. The Balaban J connectivity index is 2.70. The molecule has 0 spiro atoms. The van der Waals surface area contributed by atoms with E-state index in [1.165, 1.54) is 0 Å². The number of hydrogen-bond acceptors (Lipinski definition) is 2. The largest absolute Gasteiger partial charge is 0.422 e. The van der Waals surface area contributed by atoms with Crippen molar-refractivity contribution in [2.75, 3.05) is 0 Å². The SMILES string of the molecule is C=C(Cl)C(=O)Oc1ccc(C)cc1. The van der Waals surface area contributed by atoms with Crippen LogP contribution in [0.4, 0.5) is 0 Å². The Morgan fingerprint density at radius 3 is 2.38 bits per heavy atom. The molecule has 0 amide bonds. The minimum atomic E-state index is -0.620. The summed E-state index contributed by atoms with van der Waals surface area (Å²) in [5, 5.41) is -0.124. The Kier molecular flexibility index (Phi) is 3.09. The van der Waals surface area contributed by atoms with E-state index in [1.807, 2.05) is 19.1 Å². The van der Waals surface area contributed by atoms with Gasteiger partial charge in [-0.15, -0.1) is 0 Å². The third-order valence-corrected chi connectivity index (χ3v) is 1.61. The van der Waals surface area contributed by atoms with E-state index < -0.39 is 5.97 Å². The van der Waals surface area contributed by atoms with Gasteiger partial charge in [-0.1, -0.05) is 35.9 Å². The van der Waals surface area contributed by atoms with Gasteiger partial charge in [0.05, 0.1) is 0 Å². The first-order valence-electron chi connectivity index (χ1n) is 3.73. The summed E-state index contributed by atoms with van der Waals surface area (Å²) < 4.78 is 4.86. The van der Waals surface area contributed by atoms with Gasteiger partial charge in [-0.05, 0) is 19.1 Å². The van der Waals surface area contributed by atoms with Crippen molar-refractivity contribution in [3.05, 3.63) is 41.4 Å². The molecule has 0 aliphatic heterocycles. The van der Waals surface area contributed by atoms with E-state index in [4.69, 9.17) is 16.3 Å². The summed E-state index contributed by atoms with van der Waals surface area (Å²) in [5.74, 6) is -0.150. The molecule has 2 nitrogen and oxygen atoms in total. The van der Waals surface area contributed by atoms with Crippen LogP contribution in [0.2, 0.25) is 0 Å². The van der Waals surface area contributed by atoms with Crippen LogP contribution in [0, 0.1) is 6.92 Å². The molecule has 0 aliphatic carbocycles. The number of aryl methyl sites for hydroxylation is 1. The Labute approximate surface area is 81.8 Å². The van der Waals surface area contributed by atoms with E-state index in [-0.39, 0.29) is 5.03 Å². The van der Waals surface area contributed by atoms with Crippen LogP contribution in [0.15, 0.2) is 35.9 Å². The van der Waals surface area contributed by atoms with E-state index >= 15 is 0 Å². The Morgan fingerprint density at radius 2 is 1.92 bits per heavy atom. The normalized spacial score (nSPS) is 9.38. The molecule has 3 heteroatoms. The first kappa shape index (κ1) is 9.81. The summed E-state index contributed by atoms with van der Waals surface area (Å²) in [6.45, 7) is 5.21. The summed E-state index contributed by atoms with van der Waals surface area (Å²) in [5.41, 5.74) is 1.10. The van der Waals surface area contributed by atoms with Crippen LogP contribution in [-0.2, 0) is 4.79 Å². The Bertz CT molecular complexity index is 327. The van der Waals surface area contributed by atoms with Gasteiger partial charge in [0.15, 0.2) is 0 Å². The van der Waals surface area contributed by atoms with E-state index in [9.17, 15) is 4.79 Å². The van der Waals surface area contributed by atoms with Crippen molar-refractivity contribution >= 4 is 17.6 Å². The maximum absolute atomic E-state index is 10.9. The maximum atomic E-state index is 10.9. The summed E-state index contributed by atoms with van der Waals surface area (Å²) in [6.07, 6.45) is 0. The fourth-order valence-electron chi connectivity index (χ4n) is 0.769. The standard InChI is InChI=1S/C10H9ClO2/c1-7-3-5-9(6-4-7)13-10(12)8(2)11/h3-6H,2H2,1H3. The number of hydrogen-bond donors (Lipinski definition) is 0. The molecule has 0 N–H and O–H groups in total. The molecule has 0 aliphatic rings. The molecular weight excluding hydrogens is 188 g/mol. The van der Waals surface area contributed by atoms with E-state index in [2.05, 4.69) is 6.58 Å². The molecule has 0 bridgehead atoms. The van der Waals surface area contributed by atoms with Crippen molar-refractivity contribution in [1.29, 1.82) is 0 Å². The van der Waals surface area contributed by atoms with Crippen molar-refractivity contribution in [1.82, 2.24) is 0 Å². The van der Waals surface area contributed by atoms with Crippen LogP contribution in [0.1, 0.15) is 5.56 Å². The number of halogens is 1. The predicted octanol–water partition coefficient (Wildman–Crippen LogP) is 2.65. The molecule has 0 atom stereocenters. The minimum Gasteiger partial charge on any atom is -0.422 e. The number of ether oxygens (including phenoxy) is 1. The lowest BCUT2D eigenvalue weighted by atomic mass is 10.2.